The molecule has 0 saturated carbocycles. The SMILES string of the molecule is NNC(=O)CCCC(C=O)C(=O)NN. The third kappa shape index (κ3) is 4.53. The van der Waals surface area contributed by atoms with Crippen LogP contribution in [0.25, 0.3) is 0 Å². The third-order valence-corrected chi connectivity index (χ3v) is 1.72. The summed E-state index contributed by atoms with van der Waals surface area (Å²) in [4.78, 5) is 32.0. The summed E-state index contributed by atoms with van der Waals surface area (Å²) in [7, 11) is 0. The van der Waals surface area contributed by atoms with E-state index < -0.39 is 11.8 Å². The standard InChI is InChI=1S/C7H14N4O3/c8-10-6(13)3-1-2-5(4-12)7(14)11-9/h4-5H,1-3,8-9H2,(H,10,13)(H,11,14). The van der Waals surface area contributed by atoms with Crippen molar-refractivity contribution >= 4 is 18.1 Å². The van der Waals surface area contributed by atoms with Crippen molar-refractivity contribution in [3.05, 3.63) is 0 Å². The van der Waals surface area contributed by atoms with Crippen LogP contribution >= 0.6 is 0 Å². The molecule has 1 unspecified atom stereocenters. The molecule has 7 nitrogen and oxygen atoms in total. The molecule has 0 rings (SSSR count). The largest absolute Gasteiger partial charge is 0.303 e. The summed E-state index contributed by atoms with van der Waals surface area (Å²) in [6.07, 6.45) is 1.36. The molecule has 0 bridgehead atoms. The summed E-state index contributed by atoms with van der Waals surface area (Å²) in [5, 5.41) is 0. The second kappa shape index (κ2) is 6.98. The highest BCUT2D eigenvalue weighted by atomic mass is 16.2. The molecular formula is C7H14N4O3. The van der Waals surface area contributed by atoms with Gasteiger partial charge in [-0.3, -0.25) is 20.4 Å². The second-order valence-corrected chi connectivity index (χ2v) is 2.71. The van der Waals surface area contributed by atoms with Gasteiger partial charge in [-0.25, -0.2) is 11.7 Å². The van der Waals surface area contributed by atoms with E-state index in [0.29, 0.717) is 12.7 Å². The zero-order chi connectivity index (χ0) is 11.0. The highest BCUT2D eigenvalue weighted by Gasteiger charge is 2.16. The zero-order valence-electron chi connectivity index (χ0n) is 7.66. The van der Waals surface area contributed by atoms with Crippen molar-refractivity contribution in [1.29, 1.82) is 0 Å². The summed E-state index contributed by atoms with van der Waals surface area (Å²) < 4.78 is 0. The Morgan fingerprint density at radius 3 is 2.36 bits per heavy atom. The van der Waals surface area contributed by atoms with Gasteiger partial charge in [0.25, 0.3) is 0 Å². The third-order valence-electron chi connectivity index (χ3n) is 1.72. The Labute approximate surface area is 81.1 Å². The minimum absolute atomic E-state index is 0.179. The van der Waals surface area contributed by atoms with Gasteiger partial charge in [0.05, 0.1) is 5.92 Å². The number of nitrogens with two attached hydrogens (primary N) is 2. The van der Waals surface area contributed by atoms with Gasteiger partial charge in [-0.1, -0.05) is 0 Å². The van der Waals surface area contributed by atoms with E-state index in [-0.39, 0.29) is 18.7 Å². The van der Waals surface area contributed by atoms with Gasteiger partial charge in [-0.05, 0) is 12.8 Å². The number of aldehydes is 1. The minimum Gasteiger partial charge on any atom is -0.303 e. The number of hydrazine groups is 2. The molecule has 0 fully saturated rings. The van der Waals surface area contributed by atoms with Crippen LogP contribution in [-0.4, -0.2) is 18.1 Å². The molecule has 0 radical (unpaired) electrons. The van der Waals surface area contributed by atoms with Crippen LogP contribution in [0.5, 0.6) is 0 Å². The number of carbonyl (C=O) groups excluding carboxylic acids is 3. The molecule has 6 N–H and O–H groups in total. The van der Waals surface area contributed by atoms with E-state index in [1.54, 1.807) is 0 Å². The lowest BCUT2D eigenvalue weighted by atomic mass is 10.0. The average molecular weight is 202 g/mol. The van der Waals surface area contributed by atoms with Gasteiger partial charge in [0.2, 0.25) is 11.8 Å². The van der Waals surface area contributed by atoms with E-state index in [4.69, 9.17) is 11.7 Å². The molecule has 0 aliphatic rings. The van der Waals surface area contributed by atoms with Crippen molar-refractivity contribution in [2.45, 2.75) is 19.3 Å². The van der Waals surface area contributed by atoms with E-state index in [9.17, 15) is 14.4 Å². The molecule has 0 saturated heterocycles. The van der Waals surface area contributed by atoms with Gasteiger partial charge < -0.3 is 4.79 Å². The van der Waals surface area contributed by atoms with Crippen LogP contribution in [0.3, 0.4) is 0 Å². The van der Waals surface area contributed by atoms with Gasteiger partial charge in [0.1, 0.15) is 6.29 Å². The first-order valence-corrected chi connectivity index (χ1v) is 4.11. The number of rotatable bonds is 6. The summed E-state index contributed by atoms with van der Waals surface area (Å²) in [6.45, 7) is 0. The van der Waals surface area contributed by atoms with Gasteiger partial charge in [-0.15, -0.1) is 0 Å². The number of hydrogen-bond donors (Lipinski definition) is 4. The molecule has 7 heteroatoms. The molecular weight excluding hydrogens is 188 g/mol. The summed E-state index contributed by atoms with van der Waals surface area (Å²) in [6, 6.07) is 0. The molecule has 0 heterocycles. The number of hydrogen-bond acceptors (Lipinski definition) is 5. The van der Waals surface area contributed by atoms with Crippen molar-refractivity contribution in [2.75, 3.05) is 0 Å². The smallest absolute Gasteiger partial charge is 0.244 e. The molecule has 0 aromatic heterocycles. The predicted molar refractivity (Wildman–Crippen MR) is 48.1 cm³/mol. The number of amides is 2. The first kappa shape index (κ1) is 12.5. The lowest BCUT2D eigenvalue weighted by molar-refractivity contribution is -0.130. The fraction of sp³-hybridized carbons (Fsp3) is 0.571. The maximum absolute atomic E-state index is 10.9. The molecule has 0 aliphatic heterocycles. The first-order valence-electron chi connectivity index (χ1n) is 4.11. The van der Waals surface area contributed by atoms with Crippen molar-refractivity contribution in [3.63, 3.8) is 0 Å². The quantitative estimate of drug-likeness (QED) is 0.130. The summed E-state index contributed by atoms with van der Waals surface area (Å²) >= 11 is 0. The van der Waals surface area contributed by atoms with Crippen LogP contribution in [0.2, 0.25) is 0 Å². The van der Waals surface area contributed by atoms with Crippen molar-refractivity contribution < 1.29 is 14.4 Å². The highest BCUT2D eigenvalue weighted by molar-refractivity contribution is 5.91. The van der Waals surface area contributed by atoms with Crippen LogP contribution in [0.4, 0.5) is 0 Å². The van der Waals surface area contributed by atoms with E-state index in [0.717, 1.165) is 0 Å². The van der Waals surface area contributed by atoms with Crippen molar-refractivity contribution in [1.82, 2.24) is 10.9 Å². The van der Waals surface area contributed by atoms with Crippen molar-refractivity contribution in [2.24, 2.45) is 17.6 Å². The highest BCUT2D eigenvalue weighted by Crippen LogP contribution is 2.05. The first-order chi connectivity index (χ1) is 6.65. The van der Waals surface area contributed by atoms with E-state index >= 15 is 0 Å². The fourth-order valence-electron chi connectivity index (χ4n) is 0.923. The molecule has 80 valence electrons. The molecule has 0 aromatic carbocycles. The molecule has 0 aromatic rings. The van der Waals surface area contributed by atoms with Gasteiger partial charge >= 0.3 is 0 Å². The van der Waals surface area contributed by atoms with Gasteiger partial charge in [-0.2, -0.15) is 0 Å². The van der Waals surface area contributed by atoms with Gasteiger partial charge in [0.15, 0.2) is 0 Å². The molecule has 0 spiro atoms. The molecule has 2 amide bonds. The van der Waals surface area contributed by atoms with Crippen LogP contribution in [-0.2, 0) is 14.4 Å². The predicted octanol–water partition coefficient (Wildman–Crippen LogP) is -2.05. The summed E-state index contributed by atoms with van der Waals surface area (Å²) in [5.41, 5.74) is 3.82. The van der Waals surface area contributed by atoms with E-state index in [2.05, 4.69) is 0 Å². The Hall–Kier alpha value is -1.47. The number of nitrogens with one attached hydrogen (secondary N) is 2. The van der Waals surface area contributed by atoms with E-state index in [1.165, 1.54) is 0 Å². The molecule has 14 heavy (non-hydrogen) atoms. The Balaban J connectivity index is 3.79. The monoisotopic (exact) mass is 202 g/mol. The maximum Gasteiger partial charge on any atom is 0.244 e. The minimum atomic E-state index is -0.800. The molecule has 1 atom stereocenters. The summed E-state index contributed by atoms with van der Waals surface area (Å²) in [5.74, 6) is 8.01. The Kier molecular flexibility index (Phi) is 6.25. The van der Waals surface area contributed by atoms with Crippen LogP contribution in [0.15, 0.2) is 0 Å². The zero-order valence-corrected chi connectivity index (χ0v) is 7.66. The van der Waals surface area contributed by atoms with Crippen LogP contribution in [0, 0.1) is 5.92 Å². The van der Waals surface area contributed by atoms with E-state index in [1.807, 2.05) is 10.9 Å². The van der Waals surface area contributed by atoms with Gasteiger partial charge in [0, 0.05) is 6.42 Å². The number of carbonyl (C=O) groups is 3. The van der Waals surface area contributed by atoms with Crippen LogP contribution in [0.1, 0.15) is 19.3 Å². The average Bonchev–Trinajstić information content (AvgIpc) is 2.22. The Bertz CT molecular complexity index is 219. The Morgan fingerprint density at radius 2 is 1.93 bits per heavy atom. The second-order valence-electron chi connectivity index (χ2n) is 2.71. The lowest BCUT2D eigenvalue weighted by Crippen LogP contribution is -2.36. The van der Waals surface area contributed by atoms with Crippen LogP contribution < -0.4 is 22.5 Å². The Morgan fingerprint density at radius 1 is 1.29 bits per heavy atom. The lowest BCUT2D eigenvalue weighted by Gasteiger charge is -2.07. The fourth-order valence-corrected chi connectivity index (χ4v) is 0.923. The topological polar surface area (TPSA) is 127 Å². The normalized spacial score (nSPS) is 11.6. The van der Waals surface area contributed by atoms with Crippen molar-refractivity contribution in [3.8, 4) is 0 Å². The molecule has 0 aliphatic carbocycles. The maximum atomic E-state index is 10.9.